The first kappa shape index (κ1) is 92.5. The minimum atomic E-state index is -4.98. The Morgan fingerprint density at radius 1 is 0.302 bits per heavy atom. The number of hydrogen-bond acceptors (Lipinski definition) is 15. The Labute approximate surface area is 583 Å². The minimum absolute atomic E-state index is 0.0401. The highest BCUT2D eigenvalue weighted by atomic mass is 31.2. The van der Waals surface area contributed by atoms with E-state index in [2.05, 4.69) is 82.4 Å². The summed E-state index contributed by atoms with van der Waals surface area (Å²) >= 11 is 0. The average molecular weight is 1400 g/mol. The third-order valence-corrected chi connectivity index (χ3v) is 18.1. The Kier molecular flexibility index (Phi) is 67.4. The largest absolute Gasteiger partial charge is 0.472 e. The summed E-state index contributed by atoms with van der Waals surface area (Å²) in [5.74, 6) is -2.24. The van der Waals surface area contributed by atoms with Crippen molar-refractivity contribution >= 4 is 39.5 Å². The van der Waals surface area contributed by atoms with E-state index in [-0.39, 0.29) is 25.7 Å². The zero-order chi connectivity index (χ0) is 70.4. The lowest BCUT2D eigenvalue weighted by molar-refractivity contribution is -0.161. The van der Waals surface area contributed by atoms with Crippen LogP contribution in [0.2, 0.25) is 0 Å². The maximum absolute atomic E-state index is 13.0. The lowest BCUT2D eigenvalue weighted by atomic mass is 10.0. The number of phosphoric acid groups is 2. The molecule has 0 aliphatic rings. The number of hydrogen-bond donors (Lipinski definition) is 3. The van der Waals surface area contributed by atoms with E-state index in [0.717, 1.165) is 103 Å². The van der Waals surface area contributed by atoms with Crippen LogP contribution in [0.1, 0.15) is 336 Å². The van der Waals surface area contributed by atoms with Crippen LogP contribution in [-0.2, 0) is 65.4 Å². The van der Waals surface area contributed by atoms with Gasteiger partial charge in [0.15, 0.2) is 12.2 Å². The highest BCUT2D eigenvalue weighted by Gasteiger charge is 2.30. The number of allylic oxidation sites excluding steroid dienone is 12. The van der Waals surface area contributed by atoms with Crippen LogP contribution < -0.4 is 0 Å². The van der Waals surface area contributed by atoms with Crippen LogP contribution in [0.3, 0.4) is 0 Å². The smallest absolute Gasteiger partial charge is 0.462 e. The zero-order valence-electron chi connectivity index (χ0n) is 60.8. The highest BCUT2D eigenvalue weighted by Crippen LogP contribution is 2.45. The van der Waals surface area contributed by atoms with E-state index in [1.54, 1.807) is 0 Å². The van der Waals surface area contributed by atoms with E-state index in [9.17, 15) is 43.2 Å². The van der Waals surface area contributed by atoms with Crippen molar-refractivity contribution in [2.45, 2.75) is 354 Å². The number of aliphatic hydroxyl groups excluding tert-OH is 1. The molecule has 0 aromatic heterocycles. The van der Waals surface area contributed by atoms with Gasteiger partial charge in [-0.05, 0) is 64.2 Å². The molecule has 0 aromatic carbocycles. The number of ether oxygens (including phenoxy) is 4. The van der Waals surface area contributed by atoms with E-state index in [0.29, 0.717) is 32.1 Å². The molecule has 0 bridgehead atoms. The standard InChI is InChI=1S/C77H138O17P2/c1-5-9-13-17-21-25-29-31-33-34-35-36-38-40-44-46-50-54-58-62-75(80)88-68-73(94-77(82)64-60-56-52-48-42-28-24-20-16-12-8-4)70-92-96(85,86)90-66-71(78)65-89-95(83,84)91-69-72(93-76(81)63-59-55-51-47-41-27-23-19-15-11-7-3)67-87-74(79)61-57-53-49-45-43-39-37-32-30-26-22-18-14-10-6-2/h9,13,21,25,31,33,35-36,40,44,50,54,71-73,78H,5-8,10-12,14-20,22-24,26-30,32,34,37-39,41-43,45-49,51-53,55-70H2,1-4H3,(H,83,84)(H,85,86)/b13-9-,25-21-,33-31-,36-35-,44-40-,54-50-. The number of carbonyl (C=O) groups excluding carboxylic acids is 4. The summed E-state index contributed by atoms with van der Waals surface area (Å²) < 4.78 is 68.3. The predicted molar refractivity (Wildman–Crippen MR) is 390 cm³/mol. The molecule has 19 heteroatoms. The van der Waals surface area contributed by atoms with Crippen molar-refractivity contribution in [2.24, 2.45) is 0 Å². The van der Waals surface area contributed by atoms with Crippen molar-refractivity contribution in [2.75, 3.05) is 39.6 Å². The van der Waals surface area contributed by atoms with Gasteiger partial charge >= 0.3 is 39.5 Å². The fourth-order valence-corrected chi connectivity index (χ4v) is 12.0. The van der Waals surface area contributed by atoms with Crippen molar-refractivity contribution in [1.82, 2.24) is 0 Å². The van der Waals surface area contributed by atoms with Gasteiger partial charge in [0.05, 0.1) is 26.4 Å². The fourth-order valence-electron chi connectivity index (χ4n) is 10.4. The SMILES string of the molecule is CC/C=C\C/C=C\C/C=C\C/C=C\C/C=C\C/C=C\CCC(=O)OCC(COP(=O)(O)OCC(O)COP(=O)(O)OCC(COC(=O)CCCCCCCCCCCCCCCCC)OC(=O)CCCCCCCCCCCCC)OC(=O)CCCCCCCCCCCCC. The summed E-state index contributed by atoms with van der Waals surface area (Å²) in [5, 5.41) is 10.6. The Hall–Kier alpha value is -3.50. The first-order chi connectivity index (χ1) is 46.7. The second-order valence-electron chi connectivity index (χ2n) is 25.6. The lowest BCUT2D eigenvalue weighted by Gasteiger charge is -2.21. The monoisotopic (exact) mass is 1400 g/mol. The van der Waals surface area contributed by atoms with Gasteiger partial charge in [0.2, 0.25) is 0 Å². The summed E-state index contributed by atoms with van der Waals surface area (Å²) in [4.78, 5) is 72.7. The maximum Gasteiger partial charge on any atom is 0.472 e. The molecular weight excluding hydrogens is 1260 g/mol. The number of unbranched alkanes of at least 4 members (excludes halogenated alkanes) is 34. The summed E-state index contributed by atoms with van der Waals surface area (Å²) in [6, 6.07) is 0. The molecular formula is C77H138O17P2. The van der Waals surface area contributed by atoms with Crippen molar-refractivity contribution in [3.63, 3.8) is 0 Å². The number of carbonyl (C=O) groups is 4. The third-order valence-electron chi connectivity index (χ3n) is 16.2. The molecule has 0 saturated carbocycles. The second-order valence-corrected chi connectivity index (χ2v) is 28.5. The molecule has 558 valence electrons. The van der Waals surface area contributed by atoms with Crippen molar-refractivity contribution in [3.8, 4) is 0 Å². The summed E-state index contributed by atoms with van der Waals surface area (Å²) in [6.07, 6.45) is 69.2. The normalized spacial score (nSPS) is 14.4. The molecule has 0 spiro atoms. The molecule has 3 N–H and O–H groups in total. The van der Waals surface area contributed by atoms with Crippen LogP contribution in [0.4, 0.5) is 0 Å². The number of esters is 4. The van der Waals surface area contributed by atoms with E-state index in [4.69, 9.17) is 37.0 Å². The summed E-state index contributed by atoms with van der Waals surface area (Å²) in [5.41, 5.74) is 0. The van der Waals surface area contributed by atoms with E-state index in [1.165, 1.54) is 148 Å². The summed E-state index contributed by atoms with van der Waals surface area (Å²) in [7, 11) is -9.94. The van der Waals surface area contributed by atoms with Crippen molar-refractivity contribution < 1.29 is 80.2 Å². The van der Waals surface area contributed by atoms with Gasteiger partial charge in [-0.2, -0.15) is 0 Å². The van der Waals surface area contributed by atoms with E-state index >= 15 is 0 Å². The maximum atomic E-state index is 13.0. The Balaban J connectivity index is 5.31. The van der Waals surface area contributed by atoms with Crippen LogP contribution in [0.15, 0.2) is 72.9 Å². The molecule has 0 aliphatic carbocycles. The topological polar surface area (TPSA) is 237 Å². The minimum Gasteiger partial charge on any atom is -0.462 e. The molecule has 96 heavy (non-hydrogen) atoms. The van der Waals surface area contributed by atoms with Gasteiger partial charge in [-0.25, -0.2) is 9.13 Å². The van der Waals surface area contributed by atoms with Crippen LogP contribution >= 0.6 is 15.6 Å². The van der Waals surface area contributed by atoms with Gasteiger partial charge in [-0.1, -0.05) is 319 Å². The molecule has 0 heterocycles. The molecule has 5 atom stereocenters. The molecule has 0 fully saturated rings. The van der Waals surface area contributed by atoms with Gasteiger partial charge in [0.1, 0.15) is 19.3 Å². The van der Waals surface area contributed by atoms with E-state index < -0.39 is 97.5 Å². The molecule has 0 radical (unpaired) electrons. The highest BCUT2D eigenvalue weighted by molar-refractivity contribution is 7.47. The van der Waals surface area contributed by atoms with Gasteiger partial charge in [0, 0.05) is 25.7 Å². The van der Waals surface area contributed by atoms with Crippen LogP contribution in [0.25, 0.3) is 0 Å². The molecule has 5 unspecified atom stereocenters. The number of aliphatic hydroxyl groups is 1. The first-order valence-corrected chi connectivity index (χ1v) is 41.2. The quantitative estimate of drug-likeness (QED) is 0.0169. The van der Waals surface area contributed by atoms with E-state index in [1.807, 2.05) is 18.2 Å². The molecule has 0 rings (SSSR count). The molecule has 17 nitrogen and oxygen atoms in total. The number of phosphoric ester groups is 2. The molecule has 0 saturated heterocycles. The van der Waals surface area contributed by atoms with Crippen LogP contribution in [-0.4, -0.2) is 96.7 Å². The van der Waals surface area contributed by atoms with Gasteiger partial charge in [-0.3, -0.25) is 37.3 Å². The van der Waals surface area contributed by atoms with Gasteiger partial charge in [-0.15, -0.1) is 0 Å². The van der Waals surface area contributed by atoms with Gasteiger partial charge in [0.25, 0.3) is 0 Å². The summed E-state index contributed by atoms with van der Waals surface area (Å²) in [6.45, 7) is 4.71. The van der Waals surface area contributed by atoms with Crippen molar-refractivity contribution in [1.29, 1.82) is 0 Å². The molecule has 0 aliphatic heterocycles. The Morgan fingerprint density at radius 2 is 0.542 bits per heavy atom. The fraction of sp³-hybridized carbons (Fsp3) is 0.792. The predicted octanol–water partition coefficient (Wildman–Crippen LogP) is 21.7. The molecule has 0 amide bonds. The van der Waals surface area contributed by atoms with Crippen LogP contribution in [0.5, 0.6) is 0 Å². The lowest BCUT2D eigenvalue weighted by Crippen LogP contribution is -2.30. The zero-order valence-corrected chi connectivity index (χ0v) is 62.6. The second kappa shape index (κ2) is 70.0. The van der Waals surface area contributed by atoms with Crippen molar-refractivity contribution in [3.05, 3.63) is 72.9 Å². The average Bonchev–Trinajstić information content (AvgIpc) is 1.15. The first-order valence-electron chi connectivity index (χ1n) is 38.2. The Bertz CT molecular complexity index is 2110. The van der Waals surface area contributed by atoms with Gasteiger partial charge < -0.3 is 33.8 Å². The number of rotatable bonds is 72. The molecule has 0 aromatic rings. The third kappa shape index (κ3) is 69.0. The Morgan fingerprint density at radius 3 is 0.833 bits per heavy atom. The van der Waals surface area contributed by atoms with Crippen LogP contribution in [0, 0.1) is 0 Å².